The molecule has 0 atom stereocenters. The van der Waals surface area contributed by atoms with Gasteiger partial charge >= 0.3 is 0 Å². The largest absolute Gasteiger partial charge is 0.322 e. The number of hydrogen-bond donors (Lipinski definition) is 1. The number of anilines is 1. The highest BCUT2D eigenvalue weighted by Gasteiger charge is 2.28. The van der Waals surface area contributed by atoms with E-state index >= 15 is 0 Å². The zero-order valence-electron chi connectivity index (χ0n) is 16.2. The highest BCUT2D eigenvalue weighted by molar-refractivity contribution is 7.89. The molecule has 0 bridgehead atoms. The highest BCUT2D eigenvalue weighted by atomic mass is 35.5. The van der Waals surface area contributed by atoms with Gasteiger partial charge in [0.2, 0.25) is 10.0 Å². The maximum Gasteiger partial charge on any atom is 0.255 e. The quantitative estimate of drug-likeness (QED) is 0.823. The van der Waals surface area contributed by atoms with Crippen molar-refractivity contribution in [3.05, 3.63) is 58.1 Å². The molecule has 150 valence electrons. The van der Waals surface area contributed by atoms with Crippen LogP contribution >= 0.6 is 11.6 Å². The molecule has 1 fully saturated rings. The fraction of sp³-hybridized carbons (Fsp3) is 0.350. The number of hydrogen-bond acceptors (Lipinski definition) is 4. The number of carbonyl (C=O) groups excluding carboxylic acids is 1. The Bertz CT molecular complexity index is 1000. The molecule has 2 aromatic carbocycles. The van der Waals surface area contributed by atoms with E-state index in [4.69, 9.17) is 11.6 Å². The third-order valence-electron chi connectivity index (χ3n) is 4.99. The number of likely N-dealkylation sites (N-methyl/N-ethyl adjacent to an activating group) is 1. The van der Waals surface area contributed by atoms with E-state index in [0.29, 0.717) is 48.0 Å². The van der Waals surface area contributed by atoms with Crippen LogP contribution in [0.1, 0.15) is 21.5 Å². The maximum atomic E-state index is 13.0. The van der Waals surface area contributed by atoms with Crippen molar-refractivity contribution in [3.8, 4) is 0 Å². The SMILES string of the molecule is Cc1cc(Cl)ccc1NC(=O)c1cc(S(=O)(=O)N2CCN(C)CC2)ccc1C. The topological polar surface area (TPSA) is 69.7 Å². The Morgan fingerprint density at radius 2 is 1.68 bits per heavy atom. The van der Waals surface area contributed by atoms with Gasteiger partial charge in [0.05, 0.1) is 4.90 Å². The molecule has 1 aliphatic heterocycles. The fourth-order valence-corrected chi connectivity index (χ4v) is 4.82. The van der Waals surface area contributed by atoms with Gasteiger partial charge in [-0.05, 0) is 62.4 Å². The van der Waals surface area contributed by atoms with E-state index in [1.165, 1.54) is 10.4 Å². The normalized spacial score (nSPS) is 16.1. The van der Waals surface area contributed by atoms with Crippen LogP contribution in [0.4, 0.5) is 5.69 Å². The Morgan fingerprint density at radius 3 is 2.32 bits per heavy atom. The van der Waals surface area contributed by atoms with Crippen molar-refractivity contribution in [2.24, 2.45) is 0 Å². The van der Waals surface area contributed by atoms with Crippen LogP contribution in [0.3, 0.4) is 0 Å². The number of sulfonamides is 1. The van der Waals surface area contributed by atoms with Crippen LogP contribution in [0.25, 0.3) is 0 Å². The number of rotatable bonds is 4. The maximum absolute atomic E-state index is 13.0. The molecule has 0 unspecified atom stereocenters. The van der Waals surface area contributed by atoms with Crippen LogP contribution < -0.4 is 5.32 Å². The summed E-state index contributed by atoms with van der Waals surface area (Å²) in [5, 5.41) is 3.44. The van der Waals surface area contributed by atoms with Gasteiger partial charge in [-0.15, -0.1) is 0 Å². The summed E-state index contributed by atoms with van der Waals surface area (Å²) in [6.45, 7) is 5.90. The molecule has 0 aliphatic carbocycles. The van der Waals surface area contributed by atoms with Gasteiger partial charge in [-0.25, -0.2) is 8.42 Å². The number of piperazine rings is 1. The Kier molecular flexibility index (Phi) is 6.09. The van der Waals surface area contributed by atoms with E-state index < -0.39 is 10.0 Å². The standard InChI is InChI=1S/C20H24ClN3O3S/c1-14-4-6-17(28(26,27)24-10-8-23(3)9-11-24)13-18(14)20(25)22-19-7-5-16(21)12-15(19)2/h4-7,12-13H,8-11H2,1-3H3,(H,22,25). The first-order chi connectivity index (χ1) is 13.2. The van der Waals surface area contributed by atoms with Gasteiger partial charge in [-0.2, -0.15) is 4.31 Å². The molecule has 1 N–H and O–H groups in total. The van der Waals surface area contributed by atoms with Crippen LogP contribution in [0.2, 0.25) is 5.02 Å². The molecule has 1 heterocycles. The third kappa shape index (κ3) is 4.38. The Hall–Kier alpha value is -1.93. The van der Waals surface area contributed by atoms with Crippen LogP contribution in [0, 0.1) is 13.8 Å². The highest BCUT2D eigenvalue weighted by Crippen LogP contribution is 2.24. The molecule has 0 spiro atoms. The molecule has 8 heteroatoms. The molecule has 0 aromatic heterocycles. The number of amides is 1. The molecule has 1 saturated heterocycles. The van der Waals surface area contributed by atoms with Crippen LogP contribution in [-0.2, 0) is 10.0 Å². The smallest absolute Gasteiger partial charge is 0.255 e. The van der Waals surface area contributed by atoms with E-state index in [0.717, 1.165) is 5.56 Å². The Labute approximate surface area is 171 Å². The lowest BCUT2D eigenvalue weighted by Gasteiger charge is -2.31. The average molecular weight is 422 g/mol. The molecule has 6 nitrogen and oxygen atoms in total. The third-order valence-corrected chi connectivity index (χ3v) is 7.12. The zero-order chi connectivity index (χ0) is 20.5. The van der Waals surface area contributed by atoms with Crippen molar-refractivity contribution in [3.63, 3.8) is 0 Å². The number of carbonyl (C=O) groups is 1. The second-order valence-electron chi connectivity index (χ2n) is 7.10. The van der Waals surface area contributed by atoms with E-state index in [-0.39, 0.29) is 10.8 Å². The molecule has 1 aliphatic rings. The van der Waals surface area contributed by atoms with Gasteiger partial charge in [0.25, 0.3) is 5.91 Å². The van der Waals surface area contributed by atoms with Gasteiger partial charge in [0, 0.05) is 42.5 Å². The molecule has 1 amide bonds. The molecular formula is C20H24ClN3O3S. The molecule has 3 rings (SSSR count). The molecule has 0 radical (unpaired) electrons. The van der Waals surface area contributed by atoms with Crippen LogP contribution in [0.15, 0.2) is 41.3 Å². The summed E-state index contributed by atoms with van der Waals surface area (Å²) in [4.78, 5) is 15.0. The van der Waals surface area contributed by atoms with E-state index in [2.05, 4.69) is 10.2 Å². The van der Waals surface area contributed by atoms with Crippen molar-refractivity contribution in [2.75, 3.05) is 38.5 Å². The van der Waals surface area contributed by atoms with Crippen LogP contribution in [-0.4, -0.2) is 56.8 Å². The molecular weight excluding hydrogens is 398 g/mol. The average Bonchev–Trinajstić information content (AvgIpc) is 2.64. The molecule has 0 saturated carbocycles. The second-order valence-corrected chi connectivity index (χ2v) is 9.47. The van der Waals surface area contributed by atoms with Gasteiger partial charge in [0.15, 0.2) is 0 Å². The van der Waals surface area contributed by atoms with Gasteiger partial charge < -0.3 is 10.2 Å². The predicted octanol–water partition coefficient (Wildman–Crippen LogP) is 3.15. The lowest BCUT2D eigenvalue weighted by atomic mass is 10.1. The first-order valence-corrected chi connectivity index (χ1v) is 10.9. The summed E-state index contributed by atoms with van der Waals surface area (Å²) in [7, 11) is -1.67. The van der Waals surface area contributed by atoms with Gasteiger partial charge in [-0.1, -0.05) is 17.7 Å². The summed E-state index contributed by atoms with van der Waals surface area (Å²) in [5.41, 5.74) is 2.52. The molecule has 2 aromatic rings. The first-order valence-electron chi connectivity index (χ1n) is 9.05. The predicted molar refractivity (Wildman–Crippen MR) is 112 cm³/mol. The lowest BCUT2D eigenvalue weighted by Crippen LogP contribution is -2.47. The summed E-state index contributed by atoms with van der Waals surface area (Å²) in [5.74, 6) is -0.349. The minimum Gasteiger partial charge on any atom is -0.322 e. The van der Waals surface area contributed by atoms with Crippen LogP contribution in [0.5, 0.6) is 0 Å². The van der Waals surface area contributed by atoms with Crippen molar-refractivity contribution >= 4 is 33.2 Å². The fourth-order valence-electron chi connectivity index (χ4n) is 3.14. The number of nitrogens with zero attached hydrogens (tertiary/aromatic N) is 2. The lowest BCUT2D eigenvalue weighted by molar-refractivity contribution is 0.102. The number of nitrogens with one attached hydrogen (secondary N) is 1. The van der Waals surface area contributed by atoms with Crippen molar-refractivity contribution in [1.29, 1.82) is 0 Å². The molecule has 28 heavy (non-hydrogen) atoms. The van der Waals surface area contributed by atoms with E-state index in [1.54, 1.807) is 37.3 Å². The van der Waals surface area contributed by atoms with E-state index in [9.17, 15) is 13.2 Å². The summed E-state index contributed by atoms with van der Waals surface area (Å²) >= 11 is 5.96. The van der Waals surface area contributed by atoms with Gasteiger partial charge in [0.1, 0.15) is 0 Å². The number of aryl methyl sites for hydroxylation is 2. The summed E-state index contributed by atoms with van der Waals surface area (Å²) in [6, 6.07) is 9.89. The second kappa shape index (κ2) is 8.21. The number of halogens is 1. The Morgan fingerprint density at radius 1 is 1.00 bits per heavy atom. The van der Waals surface area contributed by atoms with Gasteiger partial charge in [-0.3, -0.25) is 4.79 Å². The zero-order valence-corrected chi connectivity index (χ0v) is 17.8. The monoisotopic (exact) mass is 421 g/mol. The summed E-state index contributed by atoms with van der Waals surface area (Å²) in [6.07, 6.45) is 0. The minimum atomic E-state index is -3.64. The Balaban J connectivity index is 1.87. The number of benzene rings is 2. The minimum absolute atomic E-state index is 0.139. The van der Waals surface area contributed by atoms with Crippen molar-refractivity contribution in [1.82, 2.24) is 9.21 Å². The van der Waals surface area contributed by atoms with E-state index in [1.807, 2.05) is 14.0 Å². The first kappa shape index (κ1) is 20.8. The van der Waals surface area contributed by atoms with Crippen molar-refractivity contribution in [2.45, 2.75) is 18.7 Å². The summed E-state index contributed by atoms with van der Waals surface area (Å²) < 4.78 is 27.5. The van der Waals surface area contributed by atoms with Crippen molar-refractivity contribution < 1.29 is 13.2 Å².